The highest BCUT2D eigenvalue weighted by Gasteiger charge is 2.10. The van der Waals surface area contributed by atoms with Crippen molar-refractivity contribution in [3.8, 4) is 0 Å². The van der Waals surface area contributed by atoms with Crippen molar-refractivity contribution in [2.45, 2.75) is 32.9 Å². The Bertz CT molecular complexity index is 347. The molecule has 3 heteroatoms. The Hall–Kier alpha value is -1.06. The number of anilines is 1. The van der Waals surface area contributed by atoms with E-state index < -0.39 is 0 Å². The smallest absolute Gasteiger partial charge is 0.0317 e. The highest BCUT2D eigenvalue weighted by Crippen LogP contribution is 2.12. The minimum absolute atomic E-state index is 0.564. The molecular formula is C15H27N3. The number of nitrogen functional groups attached to an aromatic ring is 1. The van der Waals surface area contributed by atoms with Crippen LogP contribution in [0.5, 0.6) is 0 Å². The molecule has 0 aliphatic rings. The van der Waals surface area contributed by atoms with Crippen LogP contribution in [0.2, 0.25) is 0 Å². The highest BCUT2D eigenvalue weighted by molar-refractivity contribution is 5.40. The van der Waals surface area contributed by atoms with Gasteiger partial charge >= 0.3 is 0 Å². The average Bonchev–Trinajstić information content (AvgIpc) is 2.27. The molecule has 18 heavy (non-hydrogen) atoms. The topological polar surface area (TPSA) is 32.5 Å². The second kappa shape index (κ2) is 7.39. The normalized spacial score (nSPS) is 11.7. The van der Waals surface area contributed by atoms with Gasteiger partial charge < -0.3 is 10.6 Å². The van der Waals surface area contributed by atoms with E-state index in [1.165, 1.54) is 12.0 Å². The van der Waals surface area contributed by atoms with Gasteiger partial charge in [0, 0.05) is 18.3 Å². The third-order valence-corrected chi connectivity index (χ3v) is 3.12. The molecule has 0 aromatic heterocycles. The fourth-order valence-electron chi connectivity index (χ4n) is 2.04. The molecule has 3 nitrogen and oxygen atoms in total. The summed E-state index contributed by atoms with van der Waals surface area (Å²) in [5, 5.41) is 0. The predicted octanol–water partition coefficient (Wildman–Crippen LogP) is 2.43. The molecule has 1 aromatic rings. The van der Waals surface area contributed by atoms with Gasteiger partial charge in [0.05, 0.1) is 0 Å². The van der Waals surface area contributed by atoms with Gasteiger partial charge in [-0.15, -0.1) is 0 Å². The molecule has 0 saturated heterocycles. The molecule has 2 N–H and O–H groups in total. The Kier molecular flexibility index (Phi) is 6.16. The number of nitrogens with two attached hydrogens (primary N) is 1. The van der Waals surface area contributed by atoms with Crippen LogP contribution in [0.4, 0.5) is 5.69 Å². The fraction of sp³-hybridized carbons (Fsp3) is 0.600. The molecule has 0 unspecified atom stereocenters. The molecule has 102 valence electrons. The van der Waals surface area contributed by atoms with Crippen molar-refractivity contribution in [2.75, 3.05) is 32.9 Å². The highest BCUT2D eigenvalue weighted by atomic mass is 15.1. The SMILES string of the molecule is CC(C)N(CCCN(C)C)Cc1cccc(N)c1. The predicted molar refractivity (Wildman–Crippen MR) is 79.6 cm³/mol. The molecule has 0 heterocycles. The van der Waals surface area contributed by atoms with Crippen molar-refractivity contribution < 1.29 is 0 Å². The summed E-state index contributed by atoms with van der Waals surface area (Å²) in [4.78, 5) is 4.73. The standard InChI is InChI=1S/C15H27N3/c1-13(2)18(10-6-9-17(3)4)12-14-7-5-8-15(16)11-14/h5,7-8,11,13H,6,9-10,12,16H2,1-4H3. The van der Waals surface area contributed by atoms with E-state index >= 15 is 0 Å². The maximum Gasteiger partial charge on any atom is 0.0317 e. The van der Waals surface area contributed by atoms with Crippen molar-refractivity contribution in [1.82, 2.24) is 9.80 Å². The van der Waals surface area contributed by atoms with Gasteiger partial charge in [0.15, 0.2) is 0 Å². The van der Waals surface area contributed by atoms with Crippen LogP contribution in [0.25, 0.3) is 0 Å². The summed E-state index contributed by atoms with van der Waals surface area (Å²) >= 11 is 0. The van der Waals surface area contributed by atoms with Gasteiger partial charge in [0.1, 0.15) is 0 Å². The molecule has 1 rings (SSSR count). The van der Waals surface area contributed by atoms with E-state index in [0.717, 1.165) is 25.3 Å². The molecule has 0 bridgehead atoms. The third-order valence-electron chi connectivity index (χ3n) is 3.12. The lowest BCUT2D eigenvalue weighted by molar-refractivity contribution is 0.201. The van der Waals surface area contributed by atoms with Crippen LogP contribution in [-0.4, -0.2) is 43.0 Å². The second-order valence-corrected chi connectivity index (χ2v) is 5.47. The van der Waals surface area contributed by atoms with Gasteiger partial charge in [-0.25, -0.2) is 0 Å². The van der Waals surface area contributed by atoms with E-state index in [1.807, 2.05) is 12.1 Å². The lowest BCUT2D eigenvalue weighted by atomic mass is 10.1. The Labute approximate surface area is 112 Å². The molecule has 0 fully saturated rings. The zero-order valence-electron chi connectivity index (χ0n) is 12.2. The minimum Gasteiger partial charge on any atom is -0.399 e. The fourth-order valence-corrected chi connectivity index (χ4v) is 2.04. The van der Waals surface area contributed by atoms with Crippen LogP contribution in [0.3, 0.4) is 0 Å². The third kappa shape index (κ3) is 5.52. The second-order valence-electron chi connectivity index (χ2n) is 5.47. The Morgan fingerprint density at radius 1 is 1.17 bits per heavy atom. The van der Waals surface area contributed by atoms with Crippen LogP contribution in [0, 0.1) is 0 Å². The van der Waals surface area contributed by atoms with Crippen molar-refractivity contribution in [1.29, 1.82) is 0 Å². The van der Waals surface area contributed by atoms with Gasteiger partial charge in [-0.2, -0.15) is 0 Å². The largest absolute Gasteiger partial charge is 0.399 e. The average molecular weight is 249 g/mol. The van der Waals surface area contributed by atoms with Crippen LogP contribution >= 0.6 is 0 Å². The van der Waals surface area contributed by atoms with E-state index in [2.05, 4.69) is 49.9 Å². The first kappa shape index (κ1) is 15.0. The first-order chi connectivity index (χ1) is 8.49. The molecule has 0 saturated carbocycles. The van der Waals surface area contributed by atoms with Gasteiger partial charge in [0.2, 0.25) is 0 Å². The summed E-state index contributed by atoms with van der Waals surface area (Å²) in [6, 6.07) is 8.76. The van der Waals surface area contributed by atoms with E-state index in [0.29, 0.717) is 6.04 Å². The van der Waals surface area contributed by atoms with Crippen molar-refractivity contribution >= 4 is 5.69 Å². The molecule has 0 atom stereocenters. The van der Waals surface area contributed by atoms with Crippen LogP contribution in [0.1, 0.15) is 25.8 Å². The van der Waals surface area contributed by atoms with E-state index in [1.54, 1.807) is 0 Å². The van der Waals surface area contributed by atoms with Crippen LogP contribution in [-0.2, 0) is 6.54 Å². The Morgan fingerprint density at radius 2 is 1.89 bits per heavy atom. The molecule has 0 amide bonds. The Morgan fingerprint density at radius 3 is 2.44 bits per heavy atom. The number of rotatable bonds is 7. The molecule has 1 aromatic carbocycles. The first-order valence-electron chi connectivity index (χ1n) is 6.72. The number of hydrogen-bond acceptors (Lipinski definition) is 3. The van der Waals surface area contributed by atoms with Gasteiger partial charge in [-0.3, -0.25) is 4.90 Å². The Balaban J connectivity index is 2.52. The molecule has 0 spiro atoms. The maximum atomic E-state index is 5.83. The summed E-state index contributed by atoms with van der Waals surface area (Å²) in [6.07, 6.45) is 1.20. The minimum atomic E-state index is 0.564. The molecule has 0 aliphatic heterocycles. The summed E-state index contributed by atoms with van der Waals surface area (Å²) in [5.41, 5.74) is 7.98. The molecule has 0 radical (unpaired) electrons. The van der Waals surface area contributed by atoms with Crippen LogP contribution in [0.15, 0.2) is 24.3 Å². The maximum absolute atomic E-state index is 5.83. The number of nitrogens with zero attached hydrogens (tertiary/aromatic N) is 2. The first-order valence-corrected chi connectivity index (χ1v) is 6.72. The lowest BCUT2D eigenvalue weighted by Gasteiger charge is -2.27. The van der Waals surface area contributed by atoms with E-state index in [4.69, 9.17) is 5.73 Å². The lowest BCUT2D eigenvalue weighted by Crippen LogP contribution is -2.32. The van der Waals surface area contributed by atoms with E-state index in [-0.39, 0.29) is 0 Å². The summed E-state index contributed by atoms with van der Waals surface area (Å²) in [6.45, 7) is 7.75. The van der Waals surface area contributed by atoms with Crippen molar-refractivity contribution in [3.63, 3.8) is 0 Å². The zero-order chi connectivity index (χ0) is 13.5. The quantitative estimate of drug-likeness (QED) is 0.753. The van der Waals surface area contributed by atoms with Crippen molar-refractivity contribution in [3.05, 3.63) is 29.8 Å². The molecule has 0 aliphatic carbocycles. The van der Waals surface area contributed by atoms with Gasteiger partial charge in [-0.05, 0) is 65.1 Å². The molecular weight excluding hydrogens is 222 g/mol. The van der Waals surface area contributed by atoms with E-state index in [9.17, 15) is 0 Å². The van der Waals surface area contributed by atoms with Gasteiger partial charge in [-0.1, -0.05) is 12.1 Å². The van der Waals surface area contributed by atoms with Gasteiger partial charge in [0.25, 0.3) is 0 Å². The summed E-state index contributed by atoms with van der Waals surface area (Å²) < 4.78 is 0. The summed E-state index contributed by atoms with van der Waals surface area (Å²) in [7, 11) is 4.25. The van der Waals surface area contributed by atoms with Crippen molar-refractivity contribution in [2.24, 2.45) is 0 Å². The number of benzene rings is 1. The zero-order valence-corrected chi connectivity index (χ0v) is 12.2. The van der Waals surface area contributed by atoms with Crippen LogP contribution < -0.4 is 5.73 Å². The monoisotopic (exact) mass is 249 g/mol. The number of hydrogen-bond donors (Lipinski definition) is 1. The summed E-state index contributed by atoms with van der Waals surface area (Å²) in [5.74, 6) is 0.